The van der Waals surface area contributed by atoms with Crippen LogP contribution in [0.4, 0.5) is 4.39 Å². The molecule has 0 saturated carbocycles. The lowest BCUT2D eigenvalue weighted by molar-refractivity contribution is -0.123. The summed E-state index contributed by atoms with van der Waals surface area (Å²) < 4.78 is 18.5. The number of para-hydroxylation sites is 1. The Kier molecular flexibility index (Phi) is 7.03. The molecule has 2 N–H and O–H groups in total. The van der Waals surface area contributed by atoms with E-state index in [2.05, 4.69) is 10.7 Å². The van der Waals surface area contributed by atoms with Gasteiger partial charge in [0.05, 0.1) is 0 Å². The van der Waals surface area contributed by atoms with Gasteiger partial charge >= 0.3 is 0 Å². The van der Waals surface area contributed by atoms with Crippen LogP contribution in [0.3, 0.4) is 0 Å². The summed E-state index contributed by atoms with van der Waals surface area (Å²) in [6, 6.07) is 8.02. The minimum absolute atomic E-state index is 0.0686. The van der Waals surface area contributed by atoms with Crippen LogP contribution in [0.2, 0.25) is 0 Å². The summed E-state index contributed by atoms with van der Waals surface area (Å²) in [7, 11) is 0. The third-order valence-corrected chi connectivity index (χ3v) is 4.20. The van der Waals surface area contributed by atoms with Crippen molar-refractivity contribution in [1.29, 1.82) is 0 Å². The molecule has 0 spiro atoms. The normalized spacial score (nSPS) is 11.9. The van der Waals surface area contributed by atoms with Crippen LogP contribution in [0.1, 0.15) is 24.3 Å². The lowest BCUT2D eigenvalue weighted by Gasteiger charge is -2.15. The van der Waals surface area contributed by atoms with Gasteiger partial charge in [-0.05, 0) is 53.3 Å². The molecule has 0 saturated heterocycles. The molecule has 6 heteroatoms. The molecule has 1 atom stereocenters. The highest BCUT2D eigenvalue weighted by molar-refractivity contribution is 7.07. The van der Waals surface area contributed by atoms with Crippen LogP contribution in [-0.2, 0) is 4.79 Å². The van der Waals surface area contributed by atoms with Gasteiger partial charge in [-0.1, -0.05) is 12.1 Å². The molecule has 0 aliphatic rings. The third kappa shape index (κ3) is 5.65. The maximum absolute atomic E-state index is 13.4. The predicted molar refractivity (Wildman–Crippen MR) is 88.3 cm³/mol. The summed E-state index contributed by atoms with van der Waals surface area (Å²) in [5, 5.41) is 16.0. The van der Waals surface area contributed by atoms with E-state index in [1.54, 1.807) is 23.5 Å². The summed E-state index contributed by atoms with van der Waals surface area (Å²) in [4.78, 5) is 11.7. The Morgan fingerprint density at radius 3 is 2.83 bits per heavy atom. The van der Waals surface area contributed by atoms with E-state index >= 15 is 0 Å². The monoisotopic (exact) mass is 337 g/mol. The molecule has 2 aromatic rings. The van der Waals surface area contributed by atoms with Crippen molar-refractivity contribution in [3.05, 3.63) is 52.5 Å². The Morgan fingerprint density at radius 1 is 1.30 bits per heavy atom. The Labute approximate surface area is 138 Å². The second-order valence-corrected chi connectivity index (χ2v) is 5.90. The third-order valence-electron chi connectivity index (χ3n) is 3.50. The van der Waals surface area contributed by atoms with Crippen molar-refractivity contribution in [3.63, 3.8) is 0 Å². The molecule has 0 fully saturated rings. The molecular weight excluding hydrogens is 317 g/mol. The number of hydrogen-bond donors (Lipinski definition) is 2. The average molecular weight is 337 g/mol. The van der Waals surface area contributed by atoms with Gasteiger partial charge in [0, 0.05) is 13.2 Å². The summed E-state index contributed by atoms with van der Waals surface area (Å²) in [6.07, 6.45) is 1.40. The molecule has 124 valence electrons. The molecule has 0 radical (unpaired) electrons. The number of carbonyl (C=O) groups excluding carboxylic acids is 1. The summed E-state index contributed by atoms with van der Waals surface area (Å²) in [6.45, 7) is 0.384. The highest BCUT2D eigenvalue weighted by atomic mass is 32.1. The molecule has 1 amide bonds. The van der Waals surface area contributed by atoms with E-state index in [0.717, 1.165) is 6.42 Å². The Hall–Kier alpha value is -1.92. The van der Waals surface area contributed by atoms with Gasteiger partial charge in [-0.2, -0.15) is 11.3 Å². The molecule has 0 aliphatic heterocycles. The number of benzene rings is 1. The fourth-order valence-electron chi connectivity index (χ4n) is 2.28. The number of halogens is 1. The first-order chi connectivity index (χ1) is 11.2. The van der Waals surface area contributed by atoms with Crippen molar-refractivity contribution in [2.45, 2.75) is 18.8 Å². The molecule has 1 aromatic heterocycles. The van der Waals surface area contributed by atoms with Gasteiger partial charge < -0.3 is 15.2 Å². The van der Waals surface area contributed by atoms with Crippen LogP contribution < -0.4 is 10.1 Å². The first kappa shape index (κ1) is 17.4. The quantitative estimate of drug-likeness (QED) is 0.740. The van der Waals surface area contributed by atoms with Crippen molar-refractivity contribution in [2.75, 3.05) is 19.8 Å². The van der Waals surface area contributed by atoms with Crippen LogP contribution in [0.5, 0.6) is 5.75 Å². The lowest BCUT2D eigenvalue weighted by atomic mass is 9.95. The Bertz CT molecular complexity index is 604. The maximum atomic E-state index is 13.4. The van der Waals surface area contributed by atoms with Crippen LogP contribution in [0.25, 0.3) is 0 Å². The number of nitrogens with one attached hydrogen (secondary N) is 1. The first-order valence-corrected chi connectivity index (χ1v) is 8.42. The van der Waals surface area contributed by atoms with Gasteiger partial charge in [-0.25, -0.2) is 4.39 Å². The van der Waals surface area contributed by atoms with Crippen LogP contribution in [-0.4, -0.2) is 30.8 Å². The molecule has 23 heavy (non-hydrogen) atoms. The van der Waals surface area contributed by atoms with E-state index in [1.807, 2.05) is 11.4 Å². The van der Waals surface area contributed by atoms with Crippen LogP contribution >= 0.6 is 11.3 Å². The first-order valence-electron chi connectivity index (χ1n) is 7.47. The fraction of sp³-hybridized carbons (Fsp3) is 0.353. The second-order valence-electron chi connectivity index (χ2n) is 5.12. The number of aliphatic hydroxyl groups is 1. The van der Waals surface area contributed by atoms with Gasteiger partial charge in [0.2, 0.25) is 0 Å². The summed E-state index contributed by atoms with van der Waals surface area (Å²) >= 11 is 1.62. The van der Waals surface area contributed by atoms with Crippen molar-refractivity contribution in [3.8, 4) is 5.75 Å². The van der Waals surface area contributed by atoms with Crippen molar-refractivity contribution >= 4 is 17.2 Å². The fourth-order valence-corrected chi connectivity index (χ4v) is 3.03. The maximum Gasteiger partial charge on any atom is 0.257 e. The standard InChI is InChI=1S/C17H20FNO3S/c18-15-3-1-2-4-16(15)22-11-17(21)19-8-5-13(6-9-20)14-7-10-23-12-14/h1-4,7,10,12-13,20H,5-6,8-9,11H2,(H,19,21)/t13-/m0/s1. The Balaban J connectivity index is 1.72. The van der Waals surface area contributed by atoms with Gasteiger partial charge in [0.15, 0.2) is 18.2 Å². The van der Waals surface area contributed by atoms with E-state index < -0.39 is 5.82 Å². The zero-order chi connectivity index (χ0) is 16.5. The van der Waals surface area contributed by atoms with Gasteiger partial charge in [-0.3, -0.25) is 4.79 Å². The van der Waals surface area contributed by atoms with Crippen molar-refractivity contribution in [1.82, 2.24) is 5.32 Å². The topological polar surface area (TPSA) is 58.6 Å². The lowest BCUT2D eigenvalue weighted by Crippen LogP contribution is -2.30. The molecule has 4 nitrogen and oxygen atoms in total. The molecular formula is C17H20FNO3S. The highest BCUT2D eigenvalue weighted by Gasteiger charge is 2.12. The Morgan fingerprint density at radius 2 is 2.13 bits per heavy atom. The predicted octanol–water partition coefficient (Wildman–Crippen LogP) is 2.94. The molecule has 1 heterocycles. The number of aliphatic hydroxyl groups excluding tert-OH is 1. The molecule has 1 aromatic carbocycles. The molecule has 0 unspecified atom stereocenters. The number of ether oxygens (including phenoxy) is 1. The molecule has 0 bridgehead atoms. The highest BCUT2D eigenvalue weighted by Crippen LogP contribution is 2.24. The van der Waals surface area contributed by atoms with Crippen molar-refractivity contribution < 1.29 is 19.0 Å². The van der Waals surface area contributed by atoms with Crippen molar-refractivity contribution in [2.24, 2.45) is 0 Å². The van der Waals surface area contributed by atoms with E-state index in [4.69, 9.17) is 9.84 Å². The van der Waals surface area contributed by atoms with E-state index in [9.17, 15) is 9.18 Å². The van der Waals surface area contributed by atoms with E-state index in [-0.39, 0.29) is 30.8 Å². The minimum atomic E-state index is -0.485. The number of hydrogen-bond acceptors (Lipinski definition) is 4. The van der Waals surface area contributed by atoms with E-state index in [0.29, 0.717) is 13.0 Å². The molecule has 2 rings (SSSR count). The SMILES string of the molecule is O=C(COc1ccccc1F)NCC[C@@H](CCO)c1ccsc1. The van der Waals surface area contributed by atoms with Crippen LogP contribution in [0.15, 0.2) is 41.1 Å². The smallest absolute Gasteiger partial charge is 0.257 e. The van der Waals surface area contributed by atoms with Gasteiger partial charge in [0.1, 0.15) is 0 Å². The molecule has 0 aliphatic carbocycles. The van der Waals surface area contributed by atoms with Gasteiger partial charge in [-0.15, -0.1) is 0 Å². The average Bonchev–Trinajstić information content (AvgIpc) is 3.07. The summed E-state index contributed by atoms with van der Waals surface area (Å²) in [5.41, 5.74) is 1.18. The zero-order valence-electron chi connectivity index (χ0n) is 12.7. The number of rotatable bonds is 9. The van der Waals surface area contributed by atoms with E-state index in [1.165, 1.54) is 17.7 Å². The number of thiophene rings is 1. The number of amides is 1. The number of carbonyl (C=O) groups is 1. The zero-order valence-corrected chi connectivity index (χ0v) is 13.5. The van der Waals surface area contributed by atoms with Crippen LogP contribution in [0, 0.1) is 5.82 Å². The second kappa shape index (κ2) is 9.27. The minimum Gasteiger partial charge on any atom is -0.481 e. The largest absolute Gasteiger partial charge is 0.481 e. The van der Waals surface area contributed by atoms with Gasteiger partial charge in [0.25, 0.3) is 5.91 Å². The summed E-state index contributed by atoms with van der Waals surface area (Å²) in [5.74, 6) is -0.486.